The number of carbonyl (C=O) groups is 2. The van der Waals surface area contributed by atoms with Crippen molar-refractivity contribution >= 4 is 11.9 Å². The molecule has 5 atom stereocenters. The second-order valence-electron chi connectivity index (χ2n) is 7.44. The molecule has 4 aliphatic rings. The summed E-state index contributed by atoms with van der Waals surface area (Å²) in [7, 11) is 0. The fourth-order valence-corrected chi connectivity index (χ4v) is 4.66. The van der Waals surface area contributed by atoms with Crippen molar-refractivity contribution < 1.29 is 23.8 Å². The van der Waals surface area contributed by atoms with Gasteiger partial charge in [-0.15, -0.1) is 0 Å². The summed E-state index contributed by atoms with van der Waals surface area (Å²) in [4.78, 5) is 24.1. The lowest BCUT2D eigenvalue weighted by Crippen LogP contribution is -2.51. The van der Waals surface area contributed by atoms with E-state index in [4.69, 9.17) is 14.2 Å². The molecule has 0 aromatic rings. The lowest BCUT2D eigenvalue weighted by molar-refractivity contribution is -0.214. The van der Waals surface area contributed by atoms with E-state index in [1.54, 1.807) is 6.92 Å². The molecule has 22 heavy (non-hydrogen) atoms. The molecule has 5 heteroatoms. The number of rotatable bonds is 4. The van der Waals surface area contributed by atoms with Gasteiger partial charge in [-0.3, -0.25) is 4.79 Å². The molecule has 0 spiro atoms. The van der Waals surface area contributed by atoms with E-state index in [0.717, 1.165) is 19.3 Å². The van der Waals surface area contributed by atoms with Crippen LogP contribution < -0.4 is 0 Å². The second kappa shape index (κ2) is 4.34. The fraction of sp³-hybridized carbons (Fsp3) is 0.765. The quantitative estimate of drug-likeness (QED) is 0.745. The maximum Gasteiger partial charge on any atom is 0.336 e. The summed E-state index contributed by atoms with van der Waals surface area (Å²) in [5, 5.41) is 0. The lowest BCUT2D eigenvalue weighted by atomic mass is 9.72. The number of ether oxygens (including phenoxy) is 3. The van der Waals surface area contributed by atoms with Gasteiger partial charge in [0.25, 0.3) is 0 Å². The molecule has 0 bridgehead atoms. The number of hydrogen-bond donors (Lipinski definition) is 0. The fourth-order valence-electron chi connectivity index (χ4n) is 4.66. The predicted molar refractivity (Wildman–Crippen MR) is 76.5 cm³/mol. The summed E-state index contributed by atoms with van der Waals surface area (Å²) < 4.78 is 16.9. The van der Waals surface area contributed by atoms with Crippen LogP contribution in [0.25, 0.3) is 0 Å². The minimum absolute atomic E-state index is 0.0520. The molecule has 1 saturated heterocycles. The Kier molecular flexibility index (Phi) is 2.81. The SMILES string of the molecule is CCOC(=O)C1=C[C@@H]2CCC[C@]12O[C@H]1OC(=O)[C@H]2[C@@H]1C2(C)C. The van der Waals surface area contributed by atoms with Gasteiger partial charge in [0.1, 0.15) is 5.60 Å². The first kappa shape index (κ1) is 14.2. The summed E-state index contributed by atoms with van der Waals surface area (Å²) >= 11 is 0. The summed E-state index contributed by atoms with van der Waals surface area (Å²) in [6.07, 6.45) is 4.28. The molecule has 1 heterocycles. The third-order valence-electron chi connectivity index (χ3n) is 6.00. The van der Waals surface area contributed by atoms with Crippen LogP contribution in [-0.2, 0) is 23.8 Å². The van der Waals surface area contributed by atoms with Gasteiger partial charge < -0.3 is 14.2 Å². The van der Waals surface area contributed by atoms with E-state index >= 15 is 0 Å². The van der Waals surface area contributed by atoms with Crippen molar-refractivity contribution in [3.05, 3.63) is 11.6 Å². The van der Waals surface area contributed by atoms with Crippen LogP contribution in [0.1, 0.15) is 40.0 Å². The number of esters is 2. The molecule has 3 aliphatic carbocycles. The molecule has 1 aliphatic heterocycles. The smallest absolute Gasteiger partial charge is 0.336 e. The Morgan fingerprint density at radius 2 is 2.23 bits per heavy atom. The van der Waals surface area contributed by atoms with Crippen molar-refractivity contribution in [1.29, 1.82) is 0 Å². The number of fused-ring (bicyclic) bond motifs is 2. The zero-order valence-corrected chi connectivity index (χ0v) is 13.3. The van der Waals surface area contributed by atoms with Gasteiger partial charge in [-0.25, -0.2) is 4.79 Å². The van der Waals surface area contributed by atoms with E-state index in [1.807, 2.05) is 6.08 Å². The van der Waals surface area contributed by atoms with Crippen molar-refractivity contribution in [3.63, 3.8) is 0 Å². The van der Waals surface area contributed by atoms with Crippen molar-refractivity contribution in [2.24, 2.45) is 23.2 Å². The molecule has 0 aromatic heterocycles. The predicted octanol–water partition coefficient (Wildman–Crippen LogP) is 2.20. The summed E-state index contributed by atoms with van der Waals surface area (Å²) in [5.41, 5.74) is -0.0256. The second-order valence-corrected chi connectivity index (χ2v) is 7.44. The Labute approximate surface area is 130 Å². The standard InChI is InChI=1S/C17H22O5/c1-4-20-13(18)10-8-9-6-5-7-17(9,10)22-15-12-11(14(19)21-15)16(12,2)3/h8-9,11-12,15H,4-7H2,1-3H3/t9-,11+,12-,15+,17+/m0/s1. The highest BCUT2D eigenvalue weighted by Crippen LogP contribution is 2.66. The van der Waals surface area contributed by atoms with Crippen molar-refractivity contribution in [2.75, 3.05) is 6.61 Å². The minimum Gasteiger partial charge on any atom is -0.463 e. The first-order valence-electron chi connectivity index (χ1n) is 8.19. The van der Waals surface area contributed by atoms with E-state index in [0.29, 0.717) is 12.2 Å². The molecule has 0 aromatic carbocycles. The van der Waals surface area contributed by atoms with Crippen molar-refractivity contribution in [2.45, 2.75) is 51.9 Å². The monoisotopic (exact) mass is 306 g/mol. The van der Waals surface area contributed by atoms with E-state index in [1.165, 1.54) is 0 Å². The van der Waals surface area contributed by atoms with E-state index in [9.17, 15) is 9.59 Å². The molecule has 0 N–H and O–H groups in total. The molecule has 4 rings (SSSR count). The van der Waals surface area contributed by atoms with Gasteiger partial charge in [-0.1, -0.05) is 19.9 Å². The maximum absolute atomic E-state index is 12.2. The van der Waals surface area contributed by atoms with Gasteiger partial charge in [0, 0.05) is 11.8 Å². The lowest BCUT2D eigenvalue weighted by Gasteiger charge is -2.44. The highest BCUT2D eigenvalue weighted by atomic mass is 16.7. The molecule has 120 valence electrons. The Hall–Kier alpha value is -1.36. The molecule has 0 unspecified atom stereocenters. The Bertz CT molecular complexity index is 578. The largest absolute Gasteiger partial charge is 0.463 e. The number of cyclic esters (lactones) is 1. The van der Waals surface area contributed by atoms with Crippen LogP contribution >= 0.6 is 0 Å². The van der Waals surface area contributed by atoms with Crippen LogP contribution in [0.2, 0.25) is 0 Å². The Morgan fingerprint density at radius 3 is 2.82 bits per heavy atom. The van der Waals surface area contributed by atoms with Gasteiger partial charge in [-0.05, 0) is 31.6 Å². The average Bonchev–Trinajstić information content (AvgIpc) is 2.69. The van der Waals surface area contributed by atoms with Crippen LogP contribution in [0.15, 0.2) is 11.6 Å². The van der Waals surface area contributed by atoms with Crippen LogP contribution in [0.5, 0.6) is 0 Å². The summed E-state index contributed by atoms with van der Waals surface area (Å²) in [6.45, 7) is 6.30. The number of hydrogen-bond acceptors (Lipinski definition) is 5. The molecule has 3 fully saturated rings. The van der Waals surface area contributed by atoms with Gasteiger partial charge in [0.15, 0.2) is 0 Å². The van der Waals surface area contributed by atoms with Crippen LogP contribution in [0.3, 0.4) is 0 Å². The zero-order chi connectivity index (χ0) is 15.7. The maximum atomic E-state index is 12.2. The molecule has 5 nitrogen and oxygen atoms in total. The minimum atomic E-state index is -0.592. The van der Waals surface area contributed by atoms with Crippen LogP contribution in [-0.4, -0.2) is 30.4 Å². The summed E-state index contributed by atoms with van der Waals surface area (Å²) in [6, 6.07) is 0. The first-order valence-corrected chi connectivity index (χ1v) is 8.19. The third kappa shape index (κ3) is 1.63. The van der Waals surface area contributed by atoms with Crippen LogP contribution in [0.4, 0.5) is 0 Å². The van der Waals surface area contributed by atoms with E-state index < -0.39 is 11.9 Å². The highest BCUT2D eigenvalue weighted by molar-refractivity contribution is 5.93. The molecule has 0 amide bonds. The van der Waals surface area contributed by atoms with Crippen LogP contribution in [0, 0.1) is 23.2 Å². The average molecular weight is 306 g/mol. The van der Waals surface area contributed by atoms with Gasteiger partial charge >= 0.3 is 11.9 Å². The normalized spacial score (nSPS) is 43.6. The van der Waals surface area contributed by atoms with E-state index in [2.05, 4.69) is 13.8 Å². The van der Waals surface area contributed by atoms with E-state index in [-0.39, 0.29) is 35.1 Å². The Morgan fingerprint density at radius 1 is 1.45 bits per heavy atom. The Balaban J connectivity index is 1.55. The van der Waals surface area contributed by atoms with Gasteiger partial charge in [0.05, 0.1) is 18.1 Å². The third-order valence-corrected chi connectivity index (χ3v) is 6.00. The molecular formula is C17H22O5. The molecule has 0 radical (unpaired) electrons. The molecule has 2 saturated carbocycles. The number of carbonyl (C=O) groups excluding carboxylic acids is 2. The van der Waals surface area contributed by atoms with Crippen molar-refractivity contribution in [3.8, 4) is 0 Å². The molecular weight excluding hydrogens is 284 g/mol. The van der Waals surface area contributed by atoms with Gasteiger partial charge in [0.2, 0.25) is 6.29 Å². The topological polar surface area (TPSA) is 61.8 Å². The van der Waals surface area contributed by atoms with Gasteiger partial charge in [-0.2, -0.15) is 0 Å². The highest BCUT2D eigenvalue weighted by Gasteiger charge is 2.73. The zero-order valence-electron chi connectivity index (χ0n) is 13.3. The summed E-state index contributed by atoms with van der Waals surface area (Å²) in [5.74, 6) is -0.154. The van der Waals surface area contributed by atoms with Crippen molar-refractivity contribution in [1.82, 2.24) is 0 Å². The first-order chi connectivity index (χ1) is 10.4.